The lowest BCUT2D eigenvalue weighted by Gasteiger charge is -2.33. The van der Waals surface area contributed by atoms with Crippen molar-refractivity contribution in [2.45, 2.75) is 51.8 Å². The van der Waals surface area contributed by atoms with E-state index in [-0.39, 0.29) is 24.3 Å². The Hall–Kier alpha value is -1.39. The zero-order valence-electron chi connectivity index (χ0n) is 13.7. The number of aliphatic hydroxyl groups is 1. The third-order valence-corrected chi connectivity index (χ3v) is 4.28. The van der Waals surface area contributed by atoms with Crippen LogP contribution < -0.4 is 5.32 Å². The van der Waals surface area contributed by atoms with Crippen molar-refractivity contribution in [3.8, 4) is 0 Å². The van der Waals surface area contributed by atoms with Crippen molar-refractivity contribution < 1.29 is 9.90 Å². The van der Waals surface area contributed by atoms with Gasteiger partial charge in [-0.2, -0.15) is 0 Å². The van der Waals surface area contributed by atoms with Gasteiger partial charge in [-0.05, 0) is 30.9 Å². The molecule has 4 nitrogen and oxygen atoms in total. The number of piperidine rings is 1. The minimum atomic E-state index is -0.552. The van der Waals surface area contributed by atoms with Crippen LogP contribution in [0.25, 0.3) is 0 Å². The monoisotopic (exact) mass is 304 g/mol. The van der Waals surface area contributed by atoms with Gasteiger partial charge in [-0.15, -0.1) is 0 Å². The topological polar surface area (TPSA) is 52.6 Å². The van der Waals surface area contributed by atoms with E-state index < -0.39 is 6.10 Å². The molecule has 0 spiro atoms. The molecule has 4 heteroatoms. The Labute approximate surface area is 133 Å². The first-order valence-electron chi connectivity index (χ1n) is 8.28. The number of carbonyl (C=O) groups is 1. The van der Waals surface area contributed by atoms with E-state index in [2.05, 4.69) is 34.5 Å². The average molecular weight is 304 g/mol. The SMILES string of the molecule is CC(C)C(O)CC(=O)NC1CCCN(Cc2ccccc2)C1. The van der Waals surface area contributed by atoms with Crippen LogP contribution in [0.3, 0.4) is 0 Å². The number of carbonyl (C=O) groups excluding carboxylic acids is 1. The molecule has 0 aromatic heterocycles. The molecule has 1 aliphatic heterocycles. The fourth-order valence-electron chi connectivity index (χ4n) is 2.87. The lowest BCUT2D eigenvalue weighted by atomic mass is 10.0. The first kappa shape index (κ1) is 17.0. The van der Waals surface area contributed by atoms with Gasteiger partial charge in [0.05, 0.1) is 12.5 Å². The normalized spacial score (nSPS) is 20.8. The van der Waals surface area contributed by atoms with Gasteiger partial charge in [0.1, 0.15) is 0 Å². The van der Waals surface area contributed by atoms with Gasteiger partial charge in [0.15, 0.2) is 0 Å². The van der Waals surface area contributed by atoms with Crippen LogP contribution >= 0.6 is 0 Å². The number of benzene rings is 1. The quantitative estimate of drug-likeness (QED) is 0.847. The molecule has 1 aromatic carbocycles. The van der Waals surface area contributed by atoms with Gasteiger partial charge in [0.2, 0.25) is 5.91 Å². The predicted molar refractivity (Wildman–Crippen MR) is 88.3 cm³/mol. The van der Waals surface area contributed by atoms with Crippen molar-refractivity contribution in [2.75, 3.05) is 13.1 Å². The Balaban J connectivity index is 1.79. The molecule has 1 saturated heterocycles. The van der Waals surface area contributed by atoms with Crippen LogP contribution in [0.5, 0.6) is 0 Å². The molecule has 1 aromatic rings. The van der Waals surface area contributed by atoms with E-state index >= 15 is 0 Å². The Morgan fingerprint density at radius 3 is 2.77 bits per heavy atom. The van der Waals surface area contributed by atoms with E-state index in [9.17, 15) is 9.90 Å². The molecule has 0 saturated carbocycles. The van der Waals surface area contributed by atoms with Crippen molar-refractivity contribution in [1.29, 1.82) is 0 Å². The minimum absolute atomic E-state index is 0.0345. The molecule has 0 bridgehead atoms. The summed E-state index contributed by atoms with van der Waals surface area (Å²) in [5.74, 6) is 0.0828. The average Bonchev–Trinajstić information content (AvgIpc) is 2.48. The molecule has 1 fully saturated rings. The van der Waals surface area contributed by atoms with E-state index in [0.717, 1.165) is 32.5 Å². The molecule has 2 N–H and O–H groups in total. The lowest BCUT2D eigenvalue weighted by molar-refractivity contribution is -0.124. The molecule has 0 aliphatic carbocycles. The fraction of sp³-hybridized carbons (Fsp3) is 0.611. The summed E-state index contributed by atoms with van der Waals surface area (Å²) >= 11 is 0. The van der Waals surface area contributed by atoms with Crippen LogP contribution in [-0.4, -0.2) is 41.1 Å². The Morgan fingerprint density at radius 2 is 2.09 bits per heavy atom. The molecule has 1 amide bonds. The number of nitrogens with one attached hydrogen (secondary N) is 1. The van der Waals surface area contributed by atoms with Crippen molar-refractivity contribution in [3.05, 3.63) is 35.9 Å². The number of aliphatic hydroxyl groups excluding tert-OH is 1. The van der Waals surface area contributed by atoms with Crippen LogP contribution in [0.15, 0.2) is 30.3 Å². The highest BCUT2D eigenvalue weighted by Gasteiger charge is 2.22. The highest BCUT2D eigenvalue weighted by Crippen LogP contribution is 2.14. The molecule has 22 heavy (non-hydrogen) atoms. The zero-order chi connectivity index (χ0) is 15.9. The molecule has 122 valence electrons. The third kappa shape index (κ3) is 5.43. The van der Waals surface area contributed by atoms with Crippen molar-refractivity contribution in [1.82, 2.24) is 10.2 Å². The Morgan fingerprint density at radius 1 is 1.36 bits per heavy atom. The molecule has 2 rings (SSSR count). The summed E-state index contributed by atoms with van der Waals surface area (Å²) in [6.07, 6.45) is 1.77. The number of nitrogens with zero attached hydrogens (tertiary/aromatic N) is 1. The fourth-order valence-corrected chi connectivity index (χ4v) is 2.87. The van der Waals surface area contributed by atoms with Gasteiger partial charge in [-0.3, -0.25) is 9.69 Å². The second-order valence-electron chi connectivity index (χ2n) is 6.64. The minimum Gasteiger partial charge on any atom is -0.392 e. The van der Waals surface area contributed by atoms with Gasteiger partial charge < -0.3 is 10.4 Å². The summed E-state index contributed by atoms with van der Waals surface area (Å²) in [6.45, 7) is 6.76. The maximum atomic E-state index is 12.0. The van der Waals surface area contributed by atoms with Gasteiger partial charge in [-0.25, -0.2) is 0 Å². The first-order valence-corrected chi connectivity index (χ1v) is 8.28. The van der Waals surface area contributed by atoms with Crippen LogP contribution in [0, 0.1) is 5.92 Å². The summed E-state index contributed by atoms with van der Waals surface area (Å²) in [4.78, 5) is 14.4. The van der Waals surface area contributed by atoms with Crippen LogP contribution in [0.1, 0.15) is 38.7 Å². The number of hydrogen-bond donors (Lipinski definition) is 2. The smallest absolute Gasteiger partial charge is 0.222 e. The summed E-state index contributed by atoms with van der Waals surface area (Å²) in [5, 5.41) is 12.9. The van der Waals surface area contributed by atoms with Gasteiger partial charge >= 0.3 is 0 Å². The largest absolute Gasteiger partial charge is 0.392 e. The standard InChI is InChI=1S/C18H28N2O2/c1-14(2)17(21)11-18(22)19-16-9-6-10-20(13-16)12-15-7-4-3-5-8-15/h3-5,7-8,14,16-17,21H,6,9-13H2,1-2H3,(H,19,22). The summed E-state index contributed by atoms with van der Waals surface area (Å²) < 4.78 is 0. The molecule has 0 radical (unpaired) electrons. The predicted octanol–water partition coefficient (Wildman–Crippen LogP) is 2.17. The summed E-state index contributed by atoms with van der Waals surface area (Å²) in [6, 6.07) is 10.6. The maximum Gasteiger partial charge on any atom is 0.222 e. The first-order chi connectivity index (χ1) is 10.5. The second-order valence-corrected chi connectivity index (χ2v) is 6.64. The van der Waals surface area contributed by atoms with Crippen LogP contribution in [0.4, 0.5) is 0 Å². The number of likely N-dealkylation sites (tertiary alicyclic amines) is 1. The van der Waals surface area contributed by atoms with E-state index in [1.54, 1.807) is 0 Å². The van der Waals surface area contributed by atoms with Gasteiger partial charge in [0.25, 0.3) is 0 Å². The van der Waals surface area contributed by atoms with Crippen molar-refractivity contribution in [3.63, 3.8) is 0 Å². The van der Waals surface area contributed by atoms with Gasteiger partial charge in [0, 0.05) is 19.1 Å². The van der Waals surface area contributed by atoms with Crippen molar-refractivity contribution >= 4 is 5.91 Å². The molecule has 1 aliphatic rings. The van der Waals surface area contributed by atoms with Crippen LogP contribution in [0.2, 0.25) is 0 Å². The van der Waals surface area contributed by atoms with Crippen LogP contribution in [-0.2, 0) is 11.3 Å². The number of amides is 1. The molecular weight excluding hydrogens is 276 g/mol. The zero-order valence-corrected chi connectivity index (χ0v) is 13.7. The molecule has 1 heterocycles. The second kappa shape index (κ2) is 8.30. The number of hydrogen-bond acceptors (Lipinski definition) is 3. The highest BCUT2D eigenvalue weighted by molar-refractivity contribution is 5.76. The third-order valence-electron chi connectivity index (χ3n) is 4.28. The maximum absolute atomic E-state index is 12.0. The number of rotatable bonds is 6. The molecular formula is C18H28N2O2. The van der Waals surface area contributed by atoms with Gasteiger partial charge in [-0.1, -0.05) is 44.2 Å². The van der Waals surface area contributed by atoms with Crippen molar-refractivity contribution in [2.24, 2.45) is 5.92 Å². The Bertz CT molecular complexity index is 461. The summed E-state index contributed by atoms with van der Waals surface area (Å²) in [5.41, 5.74) is 1.31. The highest BCUT2D eigenvalue weighted by atomic mass is 16.3. The van der Waals surface area contributed by atoms with E-state index in [0.29, 0.717) is 0 Å². The molecule has 2 unspecified atom stereocenters. The van der Waals surface area contributed by atoms with E-state index in [4.69, 9.17) is 0 Å². The lowest BCUT2D eigenvalue weighted by Crippen LogP contribution is -2.48. The molecule has 2 atom stereocenters. The van der Waals surface area contributed by atoms with E-state index in [1.807, 2.05) is 19.9 Å². The summed E-state index contributed by atoms with van der Waals surface area (Å²) in [7, 11) is 0. The van der Waals surface area contributed by atoms with E-state index in [1.165, 1.54) is 5.56 Å². The Kier molecular flexibility index (Phi) is 6.40.